The predicted molar refractivity (Wildman–Crippen MR) is 44.1 cm³/mol. The summed E-state index contributed by atoms with van der Waals surface area (Å²) >= 11 is 0. The third-order valence-electron chi connectivity index (χ3n) is 2.55. The number of nitrogens with one attached hydrogen (secondary N) is 2. The van der Waals surface area contributed by atoms with Crippen LogP contribution >= 0.6 is 0 Å². The van der Waals surface area contributed by atoms with E-state index in [2.05, 4.69) is 10.6 Å². The maximum atomic E-state index is 11.1. The molecule has 0 aliphatic carbocycles. The minimum atomic E-state index is -0.599. The Labute approximate surface area is 75.8 Å². The van der Waals surface area contributed by atoms with Crippen molar-refractivity contribution in [2.75, 3.05) is 13.1 Å². The number of carbonyl (C=O) groups is 2. The van der Waals surface area contributed by atoms with Crippen molar-refractivity contribution in [2.45, 2.75) is 24.9 Å². The molecule has 0 aromatic carbocycles. The Balaban J connectivity index is 2.11. The number of imide groups is 1. The lowest BCUT2D eigenvalue weighted by molar-refractivity contribution is -0.132. The van der Waals surface area contributed by atoms with Crippen molar-refractivity contribution in [3.05, 3.63) is 0 Å². The molecular weight excluding hydrogens is 172 g/mol. The van der Waals surface area contributed by atoms with Crippen LogP contribution in [-0.2, 0) is 9.53 Å². The highest BCUT2D eigenvalue weighted by molar-refractivity contribution is 5.94. The molecule has 0 bridgehead atoms. The average molecular weight is 184 g/mol. The summed E-state index contributed by atoms with van der Waals surface area (Å²) in [4.78, 5) is 22.1. The summed E-state index contributed by atoms with van der Waals surface area (Å²) in [5, 5.41) is 5.29. The van der Waals surface area contributed by atoms with E-state index >= 15 is 0 Å². The summed E-state index contributed by atoms with van der Waals surface area (Å²) in [5.74, 6) is -0.224. The fourth-order valence-corrected chi connectivity index (χ4v) is 1.87. The normalized spacial score (nSPS) is 26.8. The molecular formula is C8H12N2O3. The van der Waals surface area contributed by atoms with Crippen LogP contribution in [0.2, 0.25) is 0 Å². The first-order valence-corrected chi connectivity index (χ1v) is 4.44. The van der Waals surface area contributed by atoms with Crippen LogP contribution in [0.15, 0.2) is 0 Å². The molecule has 5 nitrogen and oxygen atoms in total. The van der Waals surface area contributed by atoms with Gasteiger partial charge in [-0.05, 0) is 13.1 Å². The van der Waals surface area contributed by atoms with Gasteiger partial charge in [0.15, 0.2) is 0 Å². The summed E-state index contributed by atoms with van der Waals surface area (Å²) in [7, 11) is 0. The minimum Gasteiger partial charge on any atom is -0.442 e. The Morgan fingerprint density at radius 1 is 1.23 bits per heavy atom. The second kappa shape index (κ2) is 2.99. The first kappa shape index (κ1) is 8.50. The molecule has 2 fully saturated rings. The largest absolute Gasteiger partial charge is 0.442 e. The first-order chi connectivity index (χ1) is 6.20. The molecule has 0 atom stereocenters. The lowest BCUT2D eigenvalue weighted by Gasteiger charge is -2.38. The SMILES string of the molecule is O=C1CC2(CCNCC2)OC(=O)N1. The number of ether oxygens (including phenoxy) is 1. The molecule has 0 unspecified atom stereocenters. The number of hydrogen-bond donors (Lipinski definition) is 2. The van der Waals surface area contributed by atoms with E-state index in [4.69, 9.17) is 4.74 Å². The standard InChI is InChI=1S/C8H12N2O3/c11-6-5-8(13-7(12)10-6)1-3-9-4-2-8/h9H,1-5H2,(H,10,11,12). The molecule has 2 rings (SSSR count). The van der Waals surface area contributed by atoms with Crippen LogP contribution < -0.4 is 10.6 Å². The van der Waals surface area contributed by atoms with E-state index in [0.29, 0.717) is 6.42 Å². The van der Waals surface area contributed by atoms with Crippen LogP contribution in [0.4, 0.5) is 4.79 Å². The van der Waals surface area contributed by atoms with Gasteiger partial charge in [-0.25, -0.2) is 4.79 Å². The number of hydrogen-bond acceptors (Lipinski definition) is 4. The Kier molecular flexibility index (Phi) is 1.95. The summed E-state index contributed by atoms with van der Waals surface area (Å²) in [5.41, 5.74) is -0.523. The number of rotatable bonds is 0. The smallest absolute Gasteiger partial charge is 0.414 e. The lowest BCUT2D eigenvalue weighted by atomic mass is 9.88. The minimum absolute atomic E-state index is 0.224. The molecule has 0 aromatic rings. The highest BCUT2D eigenvalue weighted by Crippen LogP contribution is 2.29. The van der Waals surface area contributed by atoms with E-state index in [9.17, 15) is 9.59 Å². The molecule has 2 heterocycles. The molecule has 0 radical (unpaired) electrons. The van der Waals surface area contributed by atoms with Gasteiger partial charge in [0.05, 0.1) is 6.42 Å². The van der Waals surface area contributed by atoms with Crippen molar-refractivity contribution < 1.29 is 14.3 Å². The van der Waals surface area contributed by atoms with Gasteiger partial charge in [-0.3, -0.25) is 10.1 Å². The molecule has 72 valence electrons. The van der Waals surface area contributed by atoms with Crippen molar-refractivity contribution in [1.82, 2.24) is 10.6 Å². The zero-order chi connectivity index (χ0) is 9.31. The van der Waals surface area contributed by atoms with Gasteiger partial charge in [0.25, 0.3) is 0 Å². The lowest BCUT2D eigenvalue weighted by Crippen LogP contribution is -2.54. The summed E-state index contributed by atoms with van der Waals surface area (Å²) in [6.45, 7) is 1.61. The molecule has 2 aliphatic rings. The molecule has 2 N–H and O–H groups in total. The molecule has 2 amide bonds. The quantitative estimate of drug-likeness (QED) is 0.545. The third-order valence-corrected chi connectivity index (χ3v) is 2.55. The number of piperidine rings is 1. The Morgan fingerprint density at radius 2 is 1.92 bits per heavy atom. The maximum absolute atomic E-state index is 11.1. The fourth-order valence-electron chi connectivity index (χ4n) is 1.87. The monoisotopic (exact) mass is 184 g/mol. The fraction of sp³-hybridized carbons (Fsp3) is 0.750. The van der Waals surface area contributed by atoms with Gasteiger partial charge in [0.1, 0.15) is 5.60 Å². The molecule has 0 saturated carbocycles. The molecule has 5 heteroatoms. The number of carbonyl (C=O) groups excluding carboxylic acids is 2. The van der Waals surface area contributed by atoms with Crippen LogP contribution in [0.25, 0.3) is 0 Å². The molecule has 2 saturated heterocycles. The van der Waals surface area contributed by atoms with Gasteiger partial charge >= 0.3 is 6.09 Å². The predicted octanol–water partition coefficient (Wildman–Crippen LogP) is -0.235. The van der Waals surface area contributed by atoms with E-state index in [1.165, 1.54) is 0 Å². The second-order valence-electron chi connectivity index (χ2n) is 3.55. The summed E-state index contributed by atoms with van der Waals surface area (Å²) < 4.78 is 5.17. The number of alkyl carbamates (subject to hydrolysis) is 1. The first-order valence-electron chi connectivity index (χ1n) is 4.44. The topological polar surface area (TPSA) is 67.4 Å². The highest BCUT2D eigenvalue weighted by Gasteiger charge is 2.41. The van der Waals surface area contributed by atoms with E-state index in [0.717, 1.165) is 25.9 Å². The van der Waals surface area contributed by atoms with Gasteiger partial charge in [-0.2, -0.15) is 0 Å². The molecule has 0 aromatic heterocycles. The van der Waals surface area contributed by atoms with Crippen molar-refractivity contribution >= 4 is 12.0 Å². The highest BCUT2D eigenvalue weighted by atomic mass is 16.6. The number of amides is 2. The average Bonchev–Trinajstić information content (AvgIpc) is 2.02. The van der Waals surface area contributed by atoms with E-state index in [1.807, 2.05) is 0 Å². The van der Waals surface area contributed by atoms with Gasteiger partial charge in [-0.15, -0.1) is 0 Å². The van der Waals surface area contributed by atoms with E-state index in [1.54, 1.807) is 0 Å². The third kappa shape index (κ3) is 1.65. The molecule has 13 heavy (non-hydrogen) atoms. The Morgan fingerprint density at radius 3 is 2.54 bits per heavy atom. The van der Waals surface area contributed by atoms with Crippen molar-refractivity contribution in [1.29, 1.82) is 0 Å². The van der Waals surface area contributed by atoms with Crippen LogP contribution in [-0.4, -0.2) is 30.7 Å². The van der Waals surface area contributed by atoms with Crippen LogP contribution in [0.5, 0.6) is 0 Å². The molecule has 1 spiro atoms. The van der Waals surface area contributed by atoms with Crippen molar-refractivity contribution in [3.63, 3.8) is 0 Å². The van der Waals surface area contributed by atoms with Crippen molar-refractivity contribution in [3.8, 4) is 0 Å². The second-order valence-corrected chi connectivity index (χ2v) is 3.55. The van der Waals surface area contributed by atoms with Crippen molar-refractivity contribution in [2.24, 2.45) is 0 Å². The van der Waals surface area contributed by atoms with Crippen LogP contribution in [0.1, 0.15) is 19.3 Å². The van der Waals surface area contributed by atoms with Crippen LogP contribution in [0.3, 0.4) is 0 Å². The Hall–Kier alpha value is -1.10. The maximum Gasteiger partial charge on any atom is 0.414 e. The zero-order valence-electron chi connectivity index (χ0n) is 7.26. The Bertz CT molecular complexity index is 228. The summed E-state index contributed by atoms with van der Waals surface area (Å²) in [6, 6.07) is 0. The van der Waals surface area contributed by atoms with E-state index in [-0.39, 0.29) is 5.91 Å². The van der Waals surface area contributed by atoms with Crippen LogP contribution in [0, 0.1) is 0 Å². The van der Waals surface area contributed by atoms with Gasteiger partial charge in [0.2, 0.25) is 5.91 Å². The van der Waals surface area contributed by atoms with Gasteiger partial charge in [0, 0.05) is 12.8 Å². The van der Waals surface area contributed by atoms with Gasteiger partial charge < -0.3 is 10.1 Å². The van der Waals surface area contributed by atoms with E-state index < -0.39 is 11.7 Å². The zero-order valence-corrected chi connectivity index (χ0v) is 7.26. The summed E-state index contributed by atoms with van der Waals surface area (Å²) in [6.07, 6.45) is 1.16. The molecule has 2 aliphatic heterocycles. The van der Waals surface area contributed by atoms with Gasteiger partial charge in [-0.1, -0.05) is 0 Å².